The number of halogens is 2. The topological polar surface area (TPSA) is 85.1 Å². The minimum absolute atomic E-state index is 0.132. The van der Waals surface area contributed by atoms with Crippen LogP contribution in [0.3, 0.4) is 0 Å². The maximum atomic E-state index is 12.2. The van der Waals surface area contributed by atoms with E-state index in [0.717, 1.165) is 19.9 Å². The van der Waals surface area contributed by atoms with Gasteiger partial charge in [0.1, 0.15) is 0 Å². The first-order valence-corrected chi connectivity index (χ1v) is 11.9. The second-order valence-electron chi connectivity index (χ2n) is 6.08. The van der Waals surface area contributed by atoms with Gasteiger partial charge in [0.15, 0.2) is 11.0 Å². The highest BCUT2D eigenvalue weighted by atomic mass is 79.9. The van der Waals surface area contributed by atoms with Gasteiger partial charge in [-0.1, -0.05) is 23.4 Å². The SMILES string of the molecule is O=C(CSc1nnc(-c2ccncc2)n1-c1ccc(Cl)cc1)N/N=C\c1ccc(Br)s1. The van der Waals surface area contributed by atoms with Crippen LogP contribution in [0.15, 0.2) is 75.0 Å². The molecular weight excluding hydrogens is 520 g/mol. The van der Waals surface area contributed by atoms with Crippen molar-refractivity contribution in [1.29, 1.82) is 0 Å². The molecule has 0 fully saturated rings. The van der Waals surface area contributed by atoms with Gasteiger partial charge in [-0.15, -0.1) is 21.5 Å². The third-order valence-corrected chi connectivity index (χ3v) is 6.70. The number of nitrogens with one attached hydrogen (secondary N) is 1. The third-order valence-electron chi connectivity index (χ3n) is 3.96. The zero-order valence-corrected chi connectivity index (χ0v) is 19.7. The van der Waals surface area contributed by atoms with Gasteiger partial charge in [-0.05, 0) is 64.5 Å². The van der Waals surface area contributed by atoms with Gasteiger partial charge in [0.25, 0.3) is 5.91 Å². The smallest absolute Gasteiger partial charge is 0.250 e. The van der Waals surface area contributed by atoms with Gasteiger partial charge in [0.05, 0.1) is 15.8 Å². The second-order valence-corrected chi connectivity index (χ2v) is 9.95. The Morgan fingerprint density at radius 3 is 2.65 bits per heavy atom. The molecule has 0 radical (unpaired) electrons. The fourth-order valence-corrected chi connectivity index (χ4v) is 4.77. The van der Waals surface area contributed by atoms with Crippen LogP contribution < -0.4 is 5.43 Å². The van der Waals surface area contributed by atoms with Crippen LogP contribution >= 0.6 is 50.6 Å². The quantitative estimate of drug-likeness (QED) is 0.204. The second kappa shape index (κ2) is 10.2. The van der Waals surface area contributed by atoms with E-state index in [9.17, 15) is 4.79 Å². The lowest BCUT2D eigenvalue weighted by atomic mass is 10.2. The molecular formula is C20H14BrClN6OS2. The Kier molecular flexibility index (Phi) is 7.13. The highest BCUT2D eigenvalue weighted by Crippen LogP contribution is 2.28. The summed E-state index contributed by atoms with van der Waals surface area (Å²) in [6.45, 7) is 0. The summed E-state index contributed by atoms with van der Waals surface area (Å²) < 4.78 is 2.89. The summed E-state index contributed by atoms with van der Waals surface area (Å²) in [7, 11) is 0. The fourth-order valence-electron chi connectivity index (χ4n) is 2.60. The summed E-state index contributed by atoms with van der Waals surface area (Å²) in [6.07, 6.45) is 5.00. The minimum Gasteiger partial charge on any atom is -0.272 e. The number of aromatic nitrogens is 4. The molecule has 1 N–H and O–H groups in total. The molecule has 0 saturated carbocycles. The van der Waals surface area contributed by atoms with Crippen molar-refractivity contribution in [2.75, 3.05) is 5.75 Å². The Hall–Kier alpha value is -2.53. The van der Waals surface area contributed by atoms with Crippen LogP contribution in [-0.2, 0) is 4.79 Å². The summed E-state index contributed by atoms with van der Waals surface area (Å²) >= 11 is 12.2. The monoisotopic (exact) mass is 532 g/mol. The largest absolute Gasteiger partial charge is 0.272 e. The van der Waals surface area contributed by atoms with Crippen molar-refractivity contribution in [3.05, 3.63) is 74.6 Å². The molecule has 0 unspecified atom stereocenters. The van der Waals surface area contributed by atoms with Gasteiger partial charge in [-0.25, -0.2) is 5.43 Å². The van der Waals surface area contributed by atoms with Crippen molar-refractivity contribution in [1.82, 2.24) is 25.2 Å². The molecule has 156 valence electrons. The first-order valence-electron chi connectivity index (χ1n) is 8.92. The van der Waals surface area contributed by atoms with Gasteiger partial charge in [-0.2, -0.15) is 5.10 Å². The molecule has 0 spiro atoms. The Morgan fingerprint density at radius 1 is 1.16 bits per heavy atom. The van der Waals surface area contributed by atoms with E-state index in [2.05, 4.69) is 41.6 Å². The number of nitrogens with zero attached hydrogens (tertiary/aromatic N) is 5. The number of benzene rings is 1. The molecule has 0 atom stereocenters. The summed E-state index contributed by atoms with van der Waals surface area (Å²) in [4.78, 5) is 17.2. The Morgan fingerprint density at radius 2 is 1.94 bits per heavy atom. The average molecular weight is 534 g/mol. The van der Waals surface area contributed by atoms with E-state index >= 15 is 0 Å². The molecule has 1 aromatic carbocycles. The van der Waals surface area contributed by atoms with Crippen molar-refractivity contribution in [2.24, 2.45) is 5.10 Å². The van der Waals surface area contributed by atoms with Gasteiger partial charge >= 0.3 is 0 Å². The van der Waals surface area contributed by atoms with Crippen molar-refractivity contribution >= 4 is 62.8 Å². The standard InChI is InChI=1S/C20H14BrClN6OS2/c21-17-6-5-16(31-17)11-24-25-18(29)12-30-20-27-26-19(13-7-9-23-10-8-13)28(20)15-3-1-14(22)2-4-15/h1-11H,12H2,(H,25,29)/b24-11-. The van der Waals surface area contributed by atoms with E-state index in [1.807, 2.05) is 41.0 Å². The van der Waals surface area contributed by atoms with Gasteiger partial charge in [-0.3, -0.25) is 14.3 Å². The summed E-state index contributed by atoms with van der Waals surface area (Å²) in [6, 6.07) is 14.9. The van der Waals surface area contributed by atoms with Gasteiger partial charge in [0.2, 0.25) is 0 Å². The maximum Gasteiger partial charge on any atom is 0.250 e. The lowest BCUT2D eigenvalue weighted by Crippen LogP contribution is -2.19. The van der Waals surface area contributed by atoms with Crippen molar-refractivity contribution in [3.63, 3.8) is 0 Å². The van der Waals surface area contributed by atoms with Gasteiger partial charge in [0, 0.05) is 33.5 Å². The van der Waals surface area contributed by atoms with Crippen molar-refractivity contribution in [3.8, 4) is 17.1 Å². The van der Waals surface area contributed by atoms with Crippen LogP contribution in [0.4, 0.5) is 0 Å². The number of carbonyl (C=O) groups is 1. The molecule has 4 rings (SSSR count). The molecule has 4 aromatic rings. The van der Waals surface area contributed by atoms with E-state index in [0.29, 0.717) is 16.0 Å². The van der Waals surface area contributed by atoms with E-state index in [1.165, 1.54) is 23.1 Å². The summed E-state index contributed by atoms with van der Waals surface area (Å²) in [5.74, 6) is 0.537. The molecule has 0 bridgehead atoms. The molecule has 0 saturated heterocycles. The van der Waals surface area contributed by atoms with Crippen molar-refractivity contribution in [2.45, 2.75) is 5.16 Å². The zero-order valence-electron chi connectivity index (χ0n) is 15.8. The van der Waals surface area contributed by atoms with E-state index in [1.54, 1.807) is 30.7 Å². The zero-order chi connectivity index (χ0) is 21.6. The van der Waals surface area contributed by atoms with E-state index in [4.69, 9.17) is 11.6 Å². The molecule has 7 nitrogen and oxygen atoms in total. The van der Waals surface area contributed by atoms with Crippen LogP contribution in [0, 0.1) is 0 Å². The molecule has 31 heavy (non-hydrogen) atoms. The van der Waals surface area contributed by atoms with Gasteiger partial charge < -0.3 is 0 Å². The van der Waals surface area contributed by atoms with Crippen LogP contribution in [0.25, 0.3) is 17.1 Å². The number of hydrogen-bond acceptors (Lipinski definition) is 7. The van der Waals surface area contributed by atoms with Crippen LogP contribution in [0.2, 0.25) is 5.02 Å². The summed E-state index contributed by atoms with van der Waals surface area (Å²) in [5, 5.41) is 13.8. The van der Waals surface area contributed by atoms with Crippen molar-refractivity contribution < 1.29 is 4.79 Å². The fraction of sp³-hybridized carbons (Fsp3) is 0.0500. The molecule has 3 heterocycles. The first kappa shape index (κ1) is 21.7. The van der Waals surface area contributed by atoms with Crippen LogP contribution in [-0.4, -0.2) is 37.6 Å². The predicted octanol–water partition coefficient (Wildman–Crippen LogP) is 5.05. The van der Waals surface area contributed by atoms with E-state index < -0.39 is 0 Å². The highest BCUT2D eigenvalue weighted by Gasteiger charge is 2.17. The number of thioether (sulfide) groups is 1. The number of hydrogen-bond donors (Lipinski definition) is 1. The number of rotatable bonds is 7. The Labute approximate surface area is 199 Å². The molecule has 3 aromatic heterocycles. The lowest BCUT2D eigenvalue weighted by Gasteiger charge is -2.10. The molecule has 0 aliphatic heterocycles. The number of carbonyl (C=O) groups excluding carboxylic acids is 1. The van der Waals surface area contributed by atoms with Crippen LogP contribution in [0.5, 0.6) is 0 Å². The molecule has 0 aliphatic rings. The summed E-state index contributed by atoms with van der Waals surface area (Å²) in [5.41, 5.74) is 4.23. The number of thiophene rings is 1. The number of hydrazone groups is 1. The Balaban J connectivity index is 1.51. The first-order chi connectivity index (χ1) is 15.1. The number of pyridine rings is 1. The predicted molar refractivity (Wildman–Crippen MR) is 128 cm³/mol. The highest BCUT2D eigenvalue weighted by molar-refractivity contribution is 9.11. The molecule has 0 aliphatic carbocycles. The average Bonchev–Trinajstić information content (AvgIpc) is 3.39. The molecule has 1 amide bonds. The Bertz CT molecular complexity index is 1210. The molecule has 11 heteroatoms. The third kappa shape index (κ3) is 5.59. The van der Waals surface area contributed by atoms with Crippen LogP contribution in [0.1, 0.15) is 4.88 Å². The number of amides is 1. The van der Waals surface area contributed by atoms with E-state index in [-0.39, 0.29) is 11.7 Å². The lowest BCUT2D eigenvalue weighted by molar-refractivity contribution is -0.118. The normalized spacial score (nSPS) is 11.2. The maximum absolute atomic E-state index is 12.2. The minimum atomic E-state index is -0.243.